The molecule has 1 fully saturated rings. The summed E-state index contributed by atoms with van der Waals surface area (Å²) in [5.74, 6) is -1.03. The second kappa shape index (κ2) is 4.15. The van der Waals surface area contributed by atoms with Gasteiger partial charge in [0.2, 0.25) is 0 Å². The molecule has 1 aliphatic rings. The molecule has 16 heavy (non-hydrogen) atoms. The summed E-state index contributed by atoms with van der Waals surface area (Å²) in [4.78, 5) is 20.2. The molecule has 0 radical (unpaired) electrons. The van der Waals surface area contributed by atoms with Gasteiger partial charge in [-0.3, -0.25) is 0 Å². The summed E-state index contributed by atoms with van der Waals surface area (Å²) in [6.07, 6.45) is -0.962. The Bertz CT molecular complexity index is 431. The fraction of sp³-hybridized carbons (Fsp3) is 0.222. The highest BCUT2D eigenvalue weighted by Crippen LogP contribution is 2.49. The predicted octanol–water partition coefficient (Wildman–Crippen LogP) is 1.74. The van der Waals surface area contributed by atoms with E-state index in [1.807, 2.05) is 0 Å². The summed E-state index contributed by atoms with van der Waals surface area (Å²) < 4.78 is 25.5. The summed E-state index contributed by atoms with van der Waals surface area (Å²) in [5.41, 5.74) is 0. The van der Waals surface area contributed by atoms with Crippen LogP contribution in [0, 0.1) is 0 Å². The first kappa shape index (κ1) is 11.0. The number of cyclic esters (lactones) is 2. The van der Waals surface area contributed by atoms with Gasteiger partial charge in [0.05, 0.1) is 0 Å². The maximum Gasteiger partial charge on any atom is 0.509 e. The van der Waals surface area contributed by atoms with Crippen LogP contribution in [0.4, 0.5) is 4.79 Å². The monoisotopic (exact) mass is 244 g/mol. The molecule has 1 saturated heterocycles. The second-order valence-corrected chi connectivity index (χ2v) is 4.99. The first-order valence-corrected chi connectivity index (χ1v) is 6.13. The first-order chi connectivity index (χ1) is 7.58. The van der Waals surface area contributed by atoms with Crippen LogP contribution in [0.15, 0.2) is 30.3 Å². The molecule has 0 aliphatic carbocycles. The highest BCUT2D eigenvalue weighted by Gasteiger charge is 2.43. The average Bonchev–Trinajstić information content (AvgIpc) is 2.66. The summed E-state index contributed by atoms with van der Waals surface area (Å²) in [6, 6.07) is 8.12. The highest BCUT2D eigenvalue weighted by molar-refractivity contribution is 7.53. The van der Waals surface area contributed by atoms with Crippen LogP contribution in [0.3, 0.4) is 0 Å². The Morgan fingerprint density at radius 1 is 1.38 bits per heavy atom. The molecule has 0 saturated carbocycles. The number of benzene rings is 1. The molecule has 2 rings (SSSR count). The van der Waals surface area contributed by atoms with E-state index < -0.39 is 19.6 Å². The van der Waals surface area contributed by atoms with Crippen LogP contribution < -0.4 is 4.52 Å². The predicted molar refractivity (Wildman–Crippen MR) is 53.1 cm³/mol. The molecular formula is C9H9O6P. The van der Waals surface area contributed by atoms with Gasteiger partial charge in [0.15, 0.2) is 0 Å². The van der Waals surface area contributed by atoms with Crippen molar-refractivity contribution in [2.45, 2.75) is 5.85 Å². The van der Waals surface area contributed by atoms with Gasteiger partial charge in [-0.15, -0.1) is 0 Å². The van der Waals surface area contributed by atoms with E-state index in [1.54, 1.807) is 18.2 Å². The van der Waals surface area contributed by atoms with Crippen LogP contribution in [0.1, 0.15) is 0 Å². The van der Waals surface area contributed by atoms with E-state index in [0.717, 1.165) is 0 Å². The number of carbonyl (C=O) groups excluding carboxylic acids is 1. The highest BCUT2D eigenvalue weighted by atomic mass is 31.2. The molecule has 0 spiro atoms. The minimum Gasteiger partial charge on any atom is -0.430 e. The molecule has 7 heteroatoms. The third-order valence-electron chi connectivity index (χ3n) is 1.92. The molecule has 1 N–H and O–H groups in total. The Hall–Kier alpha value is -1.52. The minimum atomic E-state index is -4.07. The van der Waals surface area contributed by atoms with Crippen LogP contribution in [-0.4, -0.2) is 23.5 Å². The van der Waals surface area contributed by atoms with Crippen LogP contribution in [0.25, 0.3) is 0 Å². The second-order valence-electron chi connectivity index (χ2n) is 3.10. The Kier molecular flexibility index (Phi) is 2.85. The number of hydrogen-bond acceptors (Lipinski definition) is 5. The fourth-order valence-corrected chi connectivity index (χ4v) is 2.19. The first-order valence-electron chi connectivity index (χ1n) is 4.48. The van der Waals surface area contributed by atoms with Crippen molar-refractivity contribution < 1.29 is 28.3 Å². The van der Waals surface area contributed by atoms with Gasteiger partial charge in [-0.2, -0.15) is 0 Å². The van der Waals surface area contributed by atoms with E-state index in [0.29, 0.717) is 0 Å². The van der Waals surface area contributed by atoms with E-state index >= 15 is 0 Å². The van der Waals surface area contributed by atoms with Gasteiger partial charge in [-0.25, -0.2) is 9.36 Å². The topological polar surface area (TPSA) is 82.1 Å². The molecule has 86 valence electrons. The zero-order chi connectivity index (χ0) is 11.6. The summed E-state index contributed by atoms with van der Waals surface area (Å²) in [7, 11) is -4.07. The van der Waals surface area contributed by atoms with Crippen molar-refractivity contribution in [3.63, 3.8) is 0 Å². The number of carbonyl (C=O) groups is 1. The molecule has 1 heterocycles. The molecule has 1 aliphatic heterocycles. The SMILES string of the molecule is O=C1OCC(P(=O)(O)Oc2ccccc2)O1. The average molecular weight is 244 g/mol. The van der Waals surface area contributed by atoms with Crippen molar-refractivity contribution >= 4 is 13.8 Å². The van der Waals surface area contributed by atoms with Crippen LogP contribution in [0.2, 0.25) is 0 Å². The van der Waals surface area contributed by atoms with Crippen molar-refractivity contribution in [2.24, 2.45) is 0 Å². The van der Waals surface area contributed by atoms with Gasteiger partial charge in [0, 0.05) is 0 Å². The molecule has 1 aromatic rings. The van der Waals surface area contributed by atoms with E-state index in [9.17, 15) is 14.3 Å². The minimum absolute atomic E-state index is 0.233. The molecule has 2 unspecified atom stereocenters. The lowest BCUT2D eigenvalue weighted by Crippen LogP contribution is -2.14. The number of rotatable bonds is 3. The van der Waals surface area contributed by atoms with Crippen molar-refractivity contribution in [3.8, 4) is 5.75 Å². The van der Waals surface area contributed by atoms with Crippen molar-refractivity contribution in [1.29, 1.82) is 0 Å². The third-order valence-corrected chi connectivity index (χ3v) is 3.37. The van der Waals surface area contributed by atoms with Crippen molar-refractivity contribution in [1.82, 2.24) is 0 Å². The molecule has 0 bridgehead atoms. The van der Waals surface area contributed by atoms with Gasteiger partial charge in [0.25, 0.3) is 5.85 Å². The Balaban J connectivity index is 2.08. The number of para-hydroxylation sites is 1. The van der Waals surface area contributed by atoms with E-state index in [-0.39, 0.29) is 12.4 Å². The van der Waals surface area contributed by atoms with Gasteiger partial charge >= 0.3 is 13.8 Å². The molecule has 0 aromatic heterocycles. The maximum atomic E-state index is 11.7. The van der Waals surface area contributed by atoms with E-state index in [1.165, 1.54) is 12.1 Å². The lowest BCUT2D eigenvalue weighted by Gasteiger charge is -2.16. The maximum absolute atomic E-state index is 11.7. The van der Waals surface area contributed by atoms with E-state index in [2.05, 4.69) is 9.47 Å². The normalized spacial score (nSPS) is 23.1. The van der Waals surface area contributed by atoms with Gasteiger partial charge in [-0.05, 0) is 12.1 Å². The van der Waals surface area contributed by atoms with Gasteiger partial charge in [0.1, 0.15) is 12.4 Å². The largest absolute Gasteiger partial charge is 0.509 e. The molecule has 2 atom stereocenters. The molecule has 1 aromatic carbocycles. The Morgan fingerprint density at radius 3 is 2.62 bits per heavy atom. The smallest absolute Gasteiger partial charge is 0.430 e. The summed E-state index contributed by atoms with van der Waals surface area (Å²) in [5, 5.41) is 0. The van der Waals surface area contributed by atoms with Crippen molar-refractivity contribution in [3.05, 3.63) is 30.3 Å². The summed E-state index contributed by atoms with van der Waals surface area (Å²) >= 11 is 0. The van der Waals surface area contributed by atoms with Crippen molar-refractivity contribution in [2.75, 3.05) is 6.61 Å². The Labute approximate surface area is 91.3 Å². The lowest BCUT2D eigenvalue weighted by atomic mass is 10.3. The van der Waals surface area contributed by atoms with Crippen LogP contribution >= 0.6 is 7.60 Å². The molecular weight excluding hydrogens is 235 g/mol. The molecule has 0 amide bonds. The Morgan fingerprint density at radius 2 is 2.06 bits per heavy atom. The third kappa shape index (κ3) is 2.35. The zero-order valence-electron chi connectivity index (χ0n) is 8.11. The lowest BCUT2D eigenvalue weighted by molar-refractivity contribution is 0.124. The fourth-order valence-electron chi connectivity index (χ4n) is 1.17. The summed E-state index contributed by atoms with van der Waals surface area (Å²) in [6.45, 7) is -0.278. The van der Waals surface area contributed by atoms with Gasteiger partial charge in [-0.1, -0.05) is 18.2 Å². The number of ether oxygens (including phenoxy) is 2. The number of hydrogen-bond donors (Lipinski definition) is 1. The van der Waals surface area contributed by atoms with Crippen LogP contribution in [-0.2, 0) is 14.0 Å². The van der Waals surface area contributed by atoms with Crippen LogP contribution in [0.5, 0.6) is 5.75 Å². The standard InChI is InChI=1S/C9H9O6P/c10-9-13-6-8(14-9)16(11,12)15-7-4-2-1-3-5-7/h1-5,8H,6H2,(H,11,12). The zero-order valence-corrected chi connectivity index (χ0v) is 9.00. The molecule has 6 nitrogen and oxygen atoms in total. The van der Waals surface area contributed by atoms with E-state index in [4.69, 9.17) is 4.52 Å². The quantitative estimate of drug-likeness (QED) is 0.644. The van der Waals surface area contributed by atoms with Gasteiger partial charge < -0.3 is 18.9 Å².